The number of methoxy groups -OCH3 is 1. The van der Waals surface area contributed by atoms with Gasteiger partial charge in [-0.3, -0.25) is 14.4 Å². The second-order valence-electron chi connectivity index (χ2n) is 7.36. The molecular weight excluding hydrogens is 348 g/mol. The van der Waals surface area contributed by atoms with E-state index in [1.54, 1.807) is 23.1 Å². The normalized spacial score (nSPS) is 28.6. The average Bonchev–Trinajstić information content (AvgIpc) is 3.37. The molecule has 4 atom stereocenters. The molecule has 2 aliphatic carbocycles. The highest BCUT2D eigenvalue weighted by molar-refractivity contribution is 5.99. The molecule has 0 aromatic heterocycles. The number of benzene rings is 1. The lowest BCUT2D eigenvalue weighted by Gasteiger charge is -2.24. The Hall–Kier alpha value is -2.83. The molecule has 7 heteroatoms. The van der Waals surface area contributed by atoms with Crippen LogP contribution < -0.4 is 15.0 Å². The van der Waals surface area contributed by atoms with E-state index in [4.69, 9.17) is 4.74 Å². The zero-order valence-electron chi connectivity index (χ0n) is 15.1. The number of rotatable bonds is 5. The number of hydrogen-bond donors (Lipinski definition) is 2. The van der Waals surface area contributed by atoms with Crippen LogP contribution in [0.2, 0.25) is 0 Å². The van der Waals surface area contributed by atoms with Gasteiger partial charge in [0.05, 0.1) is 24.6 Å². The Morgan fingerprint density at radius 2 is 1.96 bits per heavy atom. The summed E-state index contributed by atoms with van der Waals surface area (Å²) in [6.45, 7) is 0.651. The lowest BCUT2D eigenvalue weighted by atomic mass is 9.82. The third kappa shape index (κ3) is 2.97. The zero-order valence-corrected chi connectivity index (χ0v) is 15.1. The summed E-state index contributed by atoms with van der Waals surface area (Å²) < 4.78 is 5.41. The first-order chi connectivity index (χ1) is 13.0. The number of carboxylic acids is 1. The summed E-state index contributed by atoms with van der Waals surface area (Å²) in [4.78, 5) is 38.1. The predicted molar refractivity (Wildman–Crippen MR) is 98.6 cm³/mol. The van der Waals surface area contributed by atoms with E-state index in [9.17, 15) is 19.5 Å². The lowest BCUT2D eigenvalue weighted by Crippen LogP contribution is -2.36. The molecule has 0 spiro atoms. The van der Waals surface area contributed by atoms with E-state index in [2.05, 4.69) is 5.32 Å². The molecule has 1 aromatic carbocycles. The molecule has 2 N–H and O–H groups in total. The summed E-state index contributed by atoms with van der Waals surface area (Å²) in [5, 5.41) is 12.4. The van der Waals surface area contributed by atoms with Crippen LogP contribution in [0.3, 0.4) is 0 Å². The summed E-state index contributed by atoms with van der Waals surface area (Å²) in [6, 6.07) is 5.16. The Bertz CT molecular complexity index is 834. The topological polar surface area (TPSA) is 95.9 Å². The molecule has 1 aliphatic heterocycles. The molecule has 4 rings (SSSR count). The van der Waals surface area contributed by atoms with E-state index in [-0.39, 0.29) is 23.7 Å². The Morgan fingerprint density at radius 3 is 2.59 bits per heavy atom. The number of carbonyl (C=O) groups is 3. The Labute approximate surface area is 157 Å². The summed E-state index contributed by atoms with van der Waals surface area (Å²) in [7, 11) is 1.52. The molecule has 3 aliphatic rings. The fraction of sp³-hybridized carbons (Fsp3) is 0.450. The van der Waals surface area contributed by atoms with Crippen molar-refractivity contribution in [3.8, 4) is 5.75 Å². The number of hydrogen-bond acceptors (Lipinski definition) is 4. The Morgan fingerprint density at radius 1 is 1.22 bits per heavy atom. The van der Waals surface area contributed by atoms with Crippen molar-refractivity contribution in [2.24, 2.45) is 23.7 Å². The van der Waals surface area contributed by atoms with Gasteiger partial charge in [-0.2, -0.15) is 0 Å². The van der Waals surface area contributed by atoms with E-state index >= 15 is 0 Å². The molecule has 1 saturated heterocycles. The highest BCUT2D eigenvalue weighted by Gasteiger charge is 2.51. The van der Waals surface area contributed by atoms with Crippen molar-refractivity contribution in [2.75, 3.05) is 23.9 Å². The van der Waals surface area contributed by atoms with E-state index in [0.29, 0.717) is 36.5 Å². The molecule has 7 nitrogen and oxygen atoms in total. The Kier molecular flexibility index (Phi) is 4.37. The number of fused-ring (bicyclic) bond motifs is 2. The number of carboxylic acid groups (broad SMARTS) is 1. The van der Waals surface area contributed by atoms with Crippen LogP contribution >= 0.6 is 0 Å². The van der Waals surface area contributed by atoms with Crippen LogP contribution in [0.25, 0.3) is 0 Å². The second-order valence-corrected chi connectivity index (χ2v) is 7.36. The smallest absolute Gasteiger partial charge is 0.307 e. The first kappa shape index (κ1) is 17.6. The number of amides is 2. The van der Waals surface area contributed by atoms with Crippen LogP contribution in [0.5, 0.6) is 5.75 Å². The summed E-state index contributed by atoms with van der Waals surface area (Å²) in [6.07, 6.45) is 5.92. The molecule has 2 bridgehead atoms. The third-order valence-electron chi connectivity index (χ3n) is 5.86. The summed E-state index contributed by atoms with van der Waals surface area (Å²) in [5.41, 5.74) is 1.22. The number of allylic oxidation sites excluding steroid dienone is 2. The van der Waals surface area contributed by atoms with Gasteiger partial charge in [0, 0.05) is 24.7 Å². The molecule has 2 amide bonds. The molecule has 27 heavy (non-hydrogen) atoms. The van der Waals surface area contributed by atoms with Crippen molar-refractivity contribution in [3.05, 3.63) is 30.4 Å². The van der Waals surface area contributed by atoms with Gasteiger partial charge in [-0.25, -0.2) is 0 Å². The van der Waals surface area contributed by atoms with Crippen molar-refractivity contribution in [1.29, 1.82) is 0 Å². The van der Waals surface area contributed by atoms with Crippen LogP contribution in [0.4, 0.5) is 11.4 Å². The number of aliphatic carboxylic acids is 1. The number of carbonyl (C=O) groups excluding carboxylic acids is 2. The number of ether oxygens (including phenoxy) is 1. The van der Waals surface area contributed by atoms with Gasteiger partial charge in [-0.1, -0.05) is 12.2 Å². The fourth-order valence-corrected chi connectivity index (χ4v) is 4.62. The zero-order chi connectivity index (χ0) is 19.1. The second kappa shape index (κ2) is 6.72. The average molecular weight is 370 g/mol. The van der Waals surface area contributed by atoms with Gasteiger partial charge < -0.3 is 20.1 Å². The summed E-state index contributed by atoms with van der Waals surface area (Å²) in [5.74, 6) is -1.99. The van der Waals surface area contributed by atoms with Crippen LogP contribution in [-0.4, -0.2) is 36.5 Å². The standard InChI is InChI=1S/C20H22N2O5/c1-27-15-10-13(6-7-14(15)22-8-2-3-16(22)23)21-19(24)17-11-4-5-12(9-11)18(17)20(25)26/h4-7,10-12,17-18H,2-3,8-9H2,1H3,(H,21,24)(H,25,26)/t11-,12-,17-,18+/m0/s1. The van der Waals surface area contributed by atoms with Crippen LogP contribution in [0.15, 0.2) is 30.4 Å². The molecule has 2 fully saturated rings. The summed E-state index contributed by atoms with van der Waals surface area (Å²) >= 11 is 0. The highest BCUT2D eigenvalue weighted by atomic mass is 16.5. The highest BCUT2D eigenvalue weighted by Crippen LogP contribution is 2.48. The van der Waals surface area contributed by atoms with Crippen molar-refractivity contribution in [1.82, 2.24) is 0 Å². The molecule has 142 valence electrons. The Balaban J connectivity index is 1.54. The largest absolute Gasteiger partial charge is 0.494 e. The molecule has 0 radical (unpaired) electrons. The van der Waals surface area contributed by atoms with Crippen LogP contribution in [-0.2, 0) is 14.4 Å². The van der Waals surface area contributed by atoms with E-state index < -0.39 is 17.8 Å². The van der Waals surface area contributed by atoms with Crippen molar-refractivity contribution >= 4 is 29.2 Å². The maximum absolute atomic E-state index is 12.8. The number of nitrogens with one attached hydrogen (secondary N) is 1. The lowest BCUT2D eigenvalue weighted by molar-refractivity contribution is -0.146. The molecule has 1 aromatic rings. The minimum Gasteiger partial charge on any atom is -0.494 e. The molecular formula is C20H22N2O5. The quantitative estimate of drug-likeness (QED) is 0.775. The maximum atomic E-state index is 12.8. The maximum Gasteiger partial charge on any atom is 0.307 e. The van der Waals surface area contributed by atoms with E-state index in [0.717, 1.165) is 6.42 Å². The first-order valence-electron chi connectivity index (χ1n) is 9.20. The van der Waals surface area contributed by atoms with Crippen molar-refractivity contribution < 1.29 is 24.2 Å². The van der Waals surface area contributed by atoms with E-state index in [1.165, 1.54) is 7.11 Å². The van der Waals surface area contributed by atoms with Gasteiger partial charge in [0.15, 0.2) is 0 Å². The van der Waals surface area contributed by atoms with Crippen LogP contribution in [0.1, 0.15) is 19.3 Å². The number of nitrogens with zero attached hydrogens (tertiary/aromatic N) is 1. The van der Waals surface area contributed by atoms with Crippen LogP contribution in [0, 0.1) is 23.7 Å². The van der Waals surface area contributed by atoms with Gasteiger partial charge in [-0.15, -0.1) is 0 Å². The van der Waals surface area contributed by atoms with Gasteiger partial charge in [0.1, 0.15) is 5.75 Å². The van der Waals surface area contributed by atoms with Gasteiger partial charge in [0.2, 0.25) is 11.8 Å². The molecule has 1 saturated carbocycles. The molecule has 1 heterocycles. The van der Waals surface area contributed by atoms with Gasteiger partial charge >= 0.3 is 5.97 Å². The van der Waals surface area contributed by atoms with Crippen molar-refractivity contribution in [3.63, 3.8) is 0 Å². The predicted octanol–water partition coefficient (Wildman–Crippen LogP) is 2.28. The van der Waals surface area contributed by atoms with E-state index in [1.807, 2.05) is 12.2 Å². The fourth-order valence-electron chi connectivity index (χ4n) is 4.62. The SMILES string of the molecule is COc1cc(NC(=O)[C@@H]2[C@H](C(=O)O)[C@H]3C=C[C@H]2C3)ccc1N1CCCC1=O. The minimum atomic E-state index is -0.924. The monoisotopic (exact) mass is 370 g/mol. The third-order valence-corrected chi connectivity index (χ3v) is 5.86. The van der Waals surface area contributed by atoms with Gasteiger partial charge in [0.25, 0.3) is 0 Å². The molecule has 0 unspecified atom stereocenters. The number of anilines is 2. The van der Waals surface area contributed by atoms with Crippen molar-refractivity contribution in [2.45, 2.75) is 19.3 Å². The minimum absolute atomic E-state index is 0.0282. The van der Waals surface area contributed by atoms with Gasteiger partial charge in [-0.05, 0) is 36.8 Å². The first-order valence-corrected chi connectivity index (χ1v) is 9.20.